The highest BCUT2D eigenvalue weighted by atomic mass is 28.3. The molecule has 10 heteroatoms. The second kappa shape index (κ2) is 23.6. The first-order valence-corrected chi connectivity index (χ1v) is 35.8. The van der Waals surface area contributed by atoms with Crippen LogP contribution < -0.4 is 41.5 Å². The zero-order valence-corrected chi connectivity index (χ0v) is 53.1. The van der Waals surface area contributed by atoms with E-state index in [2.05, 4.69) is 361 Å². The fraction of sp³-hybridized carbons (Fsp3) is 0. The number of hydrogen-bond donors (Lipinski definition) is 0. The quantitative estimate of drug-likeness (QED) is 0.0796. The summed E-state index contributed by atoms with van der Waals surface area (Å²) in [6.45, 7) is 0. The van der Waals surface area contributed by atoms with Crippen LogP contribution in [0, 0.1) is 0 Å². The minimum atomic E-state index is -2.94. The molecule has 4 aromatic heterocycles. The topological polar surface area (TPSA) is 87.2 Å². The number of aromatic nitrogens is 8. The molecule has 0 N–H and O–H groups in total. The molecule has 0 aliphatic carbocycles. The van der Waals surface area contributed by atoms with E-state index in [1.54, 1.807) is 0 Å². The molecule has 8 nitrogen and oxygen atoms in total. The number of benzene rings is 13. The largest absolute Gasteiger partial charge is 0.278 e. The second-order valence-corrected chi connectivity index (χ2v) is 31.4. The fourth-order valence-corrected chi connectivity index (χ4v) is 24.0. The molecular formula is C84H58N8Si2. The zero-order chi connectivity index (χ0) is 62.4. The summed E-state index contributed by atoms with van der Waals surface area (Å²) in [7, 11) is -5.88. The predicted octanol–water partition coefficient (Wildman–Crippen LogP) is 13.7. The third-order valence-corrected chi connectivity index (χ3v) is 28.1. The molecule has 0 saturated heterocycles. The van der Waals surface area contributed by atoms with E-state index < -0.39 is 16.1 Å². The van der Waals surface area contributed by atoms with E-state index in [1.807, 2.05) is 0 Å². The third kappa shape index (κ3) is 9.41. The molecule has 17 rings (SSSR count). The van der Waals surface area contributed by atoms with Gasteiger partial charge in [0, 0.05) is 43.8 Å². The maximum atomic E-state index is 5.50. The molecule has 4 heterocycles. The lowest BCUT2D eigenvalue weighted by atomic mass is 10.1. The smallest absolute Gasteiger partial charge is 0.238 e. The molecule has 0 unspecified atom stereocenters. The Bertz CT molecular complexity index is 4960. The standard InChI is InChI=1S/C84H58N8Si2/c1-7-31-63(32-8-1)93(64-33-9-2-10-34-64,65-35-11-3-12-36-65)69-43-27-29-61(57-69)81-85-79(87-83(89-81)91-75-49-23-19-45-71(75)72-46-20-24-50-76(72)91)59-53-55-60(56-54-59)80-86-82(90-84(88-80)92-77-51-25-21-47-73(77)74-48-22-26-52-78(74)92)62-30-28-44-70(58-62)94(66-37-13-4-14-38-66,67-39-15-5-16-40-67)68-41-17-6-18-42-68/h1-58H. The summed E-state index contributed by atoms with van der Waals surface area (Å²) in [4.78, 5) is 32.9. The van der Waals surface area contributed by atoms with Crippen molar-refractivity contribution in [3.63, 3.8) is 0 Å². The first-order chi connectivity index (χ1) is 46.6. The minimum absolute atomic E-state index is 0.517. The van der Waals surface area contributed by atoms with Crippen molar-refractivity contribution in [2.45, 2.75) is 0 Å². The van der Waals surface area contributed by atoms with Gasteiger partial charge in [-0.05, 0) is 65.8 Å². The van der Waals surface area contributed by atoms with Crippen LogP contribution in [-0.2, 0) is 0 Å². The van der Waals surface area contributed by atoms with Crippen LogP contribution in [0.5, 0.6) is 0 Å². The lowest BCUT2D eigenvalue weighted by molar-refractivity contribution is 0.951. The highest BCUT2D eigenvalue weighted by molar-refractivity contribution is 7.20. The van der Waals surface area contributed by atoms with E-state index in [0.29, 0.717) is 35.2 Å². The normalized spacial score (nSPS) is 11.8. The highest BCUT2D eigenvalue weighted by Crippen LogP contribution is 2.35. The summed E-state index contributed by atoms with van der Waals surface area (Å²) in [5.74, 6) is 3.21. The van der Waals surface area contributed by atoms with Crippen molar-refractivity contribution in [3.8, 4) is 57.4 Å². The fourth-order valence-electron chi connectivity index (χ4n) is 14.4. The Labute approximate surface area is 546 Å². The van der Waals surface area contributed by atoms with E-state index in [9.17, 15) is 0 Å². The first kappa shape index (κ1) is 55.9. The molecule has 442 valence electrons. The van der Waals surface area contributed by atoms with Gasteiger partial charge in [-0.1, -0.05) is 328 Å². The molecule has 17 aromatic rings. The summed E-state index contributed by atoms with van der Waals surface area (Å²) in [6, 6.07) is 126. The molecule has 0 amide bonds. The molecule has 13 aromatic carbocycles. The molecule has 0 aliphatic rings. The van der Waals surface area contributed by atoms with Crippen LogP contribution in [-0.4, -0.2) is 55.2 Å². The monoisotopic (exact) mass is 1230 g/mol. The molecule has 0 atom stereocenters. The highest BCUT2D eigenvalue weighted by Gasteiger charge is 2.43. The molecule has 0 radical (unpaired) electrons. The number of nitrogens with zero attached hydrogens (tertiary/aromatic N) is 8. The Morgan fingerprint density at radius 2 is 0.404 bits per heavy atom. The van der Waals surface area contributed by atoms with Crippen molar-refractivity contribution >= 4 is 101 Å². The summed E-state index contributed by atoms with van der Waals surface area (Å²) in [5, 5.41) is 14.6. The van der Waals surface area contributed by atoms with Crippen molar-refractivity contribution in [3.05, 3.63) is 352 Å². The van der Waals surface area contributed by atoms with Gasteiger partial charge >= 0.3 is 0 Å². The molecule has 0 bridgehead atoms. The van der Waals surface area contributed by atoms with E-state index in [0.717, 1.165) is 65.9 Å². The summed E-state index contributed by atoms with van der Waals surface area (Å²) in [5.41, 5.74) is 7.39. The van der Waals surface area contributed by atoms with Crippen molar-refractivity contribution < 1.29 is 0 Å². The molecule has 0 spiro atoms. The first-order valence-electron chi connectivity index (χ1n) is 31.8. The molecule has 0 fully saturated rings. The van der Waals surface area contributed by atoms with Crippen molar-refractivity contribution in [1.82, 2.24) is 39.0 Å². The molecule has 0 saturated carbocycles. The molecular weight excluding hydrogens is 1180 g/mol. The third-order valence-electron chi connectivity index (χ3n) is 18.6. The van der Waals surface area contributed by atoms with Crippen LogP contribution in [0.25, 0.3) is 101 Å². The van der Waals surface area contributed by atoms with Crippen molar-refractivity contribution in [2.75, 3.05) is 0 Å². The van der Waals surface area contributed by atoms with Gasteiger partial charge in [0.15, 0.2) is 39.4 Å². The maximum Gasteiger partial charge on any atom is 0.238 e. The zero-order valence-electron chi connectivity index (χ0n) is 51.1. The van der Waals surface area contributed by atoms with Gasteiger partial charge in [-0.25, -0.2) is 9.97 Å². The molecule has 0 aliphatic heterocycles. The predicted molar refractivity (Wildman–Crippen MR) is 391 cm³/mol. The Morgan fingerprint density at radius 3 is 0.670 bits per heavy atom. The summed E-state index contributed by atoms with van der Waals surface area (Å²) >= 11 is 0. The lowest BCUT2D eigenvalue weighted by Gasteiger charge is -2.34. The Hall–Kier alpha value is -12.1. The number of para-hydroxylation sites is 4. The van der Waals surface area contributed by atoms with Crippen LogP contribution in [0.1, 0.15) is 0 Å². The van der Waals surface area contributed by atoms with Crippen LogP contribution in [0.4, 0.5) is 0 Å². The van der Waals surface area contributed by atoms with Gasteiger partial charge in [0.05, 0.1) is 22.1 Å². The van der Waals surface area contributed by atoms with Gasteiger partial charge in [-0.2, -0.15) is 19.9 Å². The minimum Gasteiger partial charge on any atom is -0.278 e. The second-order valence-electron chi connectivity index (χ2n) is 23.7. The van der Waals surface area contributed by atoms with E-state index in [4.69, 9.17) is 29.9 Å². The van der Waals surface area contributed by atoms with Gasteiger partial charge in [-0.3, -0.25) is 9.13 Å². The van der Waals surface area contributed by atoms with E-state index in [1.165, 1.54) is 41.5 Å². The van der Waals surface area contributed by atoms with Gasteiger partial charge in [0.2, 0.25) is 11.9 Å². The van der Waals surface area contributed by atoms with Gasteiger partial charge in [0.25, 0.3) is 0 Å². The Kier molecular flexibility index (Phi) is 14.1. The average molecular weight is 1240 g/mol. The number of fused-ring (bicyclic) bond motifs is 6. The molecule has 94 heavy (non-hydrogen) atoms. The van der Waals surface area contributed by atoms with Crippen molar-refractivity contribution in [1.29, 1.82) is 0 Å². The van der Waals surface area contributed by atoms with E-state index >= 15 is 0 Å². The van der Waals surface area contributed by atoms with Crippen LogP contribution >= 0.6 is 0 Å². The van der Waals surface area contributed by atoms with Gasteiger partial charge in [0.1, 0.15) is 0 Å². The number of hydrogen-bond acceptors (Lipinski definition) is 6. The Morgan fingerprint density at radius 1 is 0.181 bits per heavy atom. The maximum absolute atomic E-state index is 5.50. The van der Waals surface area contributed by atoms with Gasteiger partial charge < -0.3 is 0 Å². The van der Waals surface area contributed by atoms with Crippen LogP contribution in [0.2, 0.25) is 0 Å². The van der Waals surface area contributed by atoms with Crippen LogP contribution in [0.15, 0.2) is 352 Å². The Balaban J connectivity index is 0.851. The SMILES string of the molecule is c1ccc([Si](c2ccccc2)(c2ccccc2)c2cccc(-c3nc(-c4ccc(-c5nc(-c6cccc([Si](c7ccccc7)(c7ccccc7)c7ccccc7)c6)nc(-n6c7ccccc7c7ccccc76)n5)cc4)nc(-n4c5ccccc5c5ccccc54)n3)c2)cc1. The van der Waals surface area contributed by atoms with Crippen LogP contribution in [0.3, 0.4) is 0 Å². The lowest BCUT2D eigenvalue weighted by Crippen LogP contribution is -2.74. The number of rotatable bonds is 14. The van der Waals surface area contributed by atoms with Gasteiger partial charge in [-0.15, -0.1) is 0 Å². The van der Waals surface area contributed by atoms with E-state index in [-0.39, 0.29) is 0 Å². The summed E-state index contributed by atoms with van der Waals surface area (Å²) in [6.07, 6.45) is 0. The van der Waals surface area contributed by atoms with Crippen molar-refractivity contribution in [2.24, 2.45) is 0 Å². The summed E-state index contributed by atoms with van der Waals surface area (Å²) < 4.78 is 4.36. The average Bonchev–Trinajstić information content (AvgIpc) is 1.25.